The molecule has 0 radical (unpaired) electrons. The van der Waals surface area contributed by atoms with E-state index < -0.39 is 5.97 Å². The van der Waals surface area contributed by atoms with Gasteiger partial charge in [-0.2, -0.15) is 0 Å². The molecule has 0 bridgehead atoms. The lowest BCUT2D eigenvalue weighted by Gasteiger charge is -2.26. The van der Waals surface area contributed by atoms with Crippen LogP contribution in [0.5, 0.6) is 5.75 Å². The zero-order valence-electron chi connectivity index (χ0n) is 22.1. The van der Waals surface area contributed by atoms with E-state index in [4.69, 9.17) is 30.5 Å². The van der Waals surface area contributed by atoms with Gasteiger partial charge >= 0.3 is 5.97 Å². The monoisotopic (exact) mass is 551 g/mol. The van der Waals surface area contributed by atoms with E-state index in [1.807, 2.05) is 48.5 Å². The lowest BCUT2D eigenvalue weighted by atomic mass is 9.80. The maximum atomic E-state index is 13.7. The molecule has 2 aromatic heterocycles. The van der Waals surface area contributed by atoms with Gasteiger partial charge in [0.15, 0.2) is 6.61 Å². The first-order valence-corrected chi connectivity index (χ1v) is 13.4. The van der Waals surface area contributed by atoms with Gasteiger partial charge in [0, 0.05) is 16.0 Å². The molecule has 40 heavy (non-hydrogen) atoms. The van der Waals surface area contributed by atoms with E-state index in [2.05, 4.69) is 23.2 Å². The molecule has 3 aromatic carbocycles. The molecule has 0 aliphatic heterocycles. The Morgan fingerprint density at radius 3 is 2.58 bits per heavy atom. The summed E-state index contributed by atoms with van der Waals surface area (Å²) in [7, 11) is 1.65. The SMILES string of the molecule is COc1ccc(/C=C2\C[C@@H](C)Cc3c2nc2ccccc2c3C(=O)OCc2nnc(-c3ccc(Cl)cc3)o2)cc1. The zero-order valence-corrected chi connectivity index (χ0v) is 22.8. The molecule has 8 heteroatoms. The van der Waals surface area contributed by atoms with Crippen LogP contribution in [0.3, 0.4) is 0 Å². The third-order valence-corrected chi connectivity index (χ3v) is 7.22. The Hall–Kier alpha value is -4.49. The molecule has 1 aliphatic rings. The first-order chi connectivity index (χ1) is 19.5. The van der Waals surface area contributed by atoms with Crippen molar-refractivity contribution in [1.29, 1.82) is 0 Å². The number of carbonyl (C=O) groups is 1. The fourth-order valence-electron chi connectivity index (χ4n) is 5.09. The van der Waals surface area contributed by atoms with Gasteiger partial charge in [-0.1, -0.05) is 48.9 Å². The highest BCUT2D eigenvalue weighted by molar-refractivity contribution is 6.30. The third kappa shape index (κ3) is 5.20. The van der Waals surface area contributed by atoms with Crippen LogP contribution in [0.15, 0.2) is 77.2 Å². The molecule has 1 atom stereocenters. The molecule has 7 nitrogen and oxygen atoms in total. The highest BCUT2D eigenvalue weighted by atomic mass is 35.5. The van der Waals surface area contributed by atoms with Gasteiger partial charge in [0.1, 0.15) is 5.75 Å². The Kier molecular flexibility index (Phi) is 7.05. The van der Waals surface area contributed by atoms with Crippen molar-refractivity contribution in [2.45, 2.75) is 26.4 Å². The summed E-state index contributed by atoms with van der Waals surface area (Å²) < 4.78 is 16.8. The number of para-hydroxylation sites is 1. The van der Waals surface area contributed by atoms with Gasteiger partial charge in [-0.15, -0.1) is 10.2 Å². The minimum atomic E-state index is -0.445. The molecule has 0 unspecified atom stereocenters. The van der Waals surface area contributed by atoms with E-state index >= 15 is 0 Å². The van der Waals surface area contributed by atoms with E-state index in [-0.39, 0.29) is 12.5 Å². The topological polar surface area (TPSA) is 87.3 Å². The molecule has 0 amide bonds. The van der Waals surface area contributed by atoms with Gasteiger partial charge in [-0.3, -0.25) is 0 Å². The molecule has 0 saturated carbocycles. The average molecular weight is 552 g/mol. The van der Waals surface area contributed by atoms with Crippen LogP contribution in [0.1, 0.15) is 46.4 Å². The van der Waals surface area contributed by atoms with Crippen LogP contribution in [-0.2, 0) is 17.8 Å². The number of pyridine rings is 1. The number of hydrogen-bond donors (Lipinski definition) is 0. The number of methoxy groups -OCH3 is 1. The molecule has 6 rings (SSSR count). The number of nitrogens with zero attached hydrogens (tertiary/aromatic N) is 3. The van der Waals surface area contributed by atoms with Crippen LogP contribution in [0.25, 0.3) is 34.0 Å². The number of allylic oxidation sites excluding steroid dienone is 1. The van der Waals surface area contributed by atoms with Crippen LogP contribution in [0.4, 0.5) is 0 Å². The molecule has 0 saturated heterocycles. The molecule has 0 N–H and O–H groups in total. The molecule has 5 aromatic rings. The standard InChI is InChI=1S/C32H26ClN3O4/c1-19-15-22(17-20-7-13-24(38-2)14-8-20)30-26(16-19)29(25-5-3-4-6-27(25)34-30)32(37)39-18-28-35-36-31(40-28)21-9-11-23(33)12-10-21/h3-14,17,19H,15-16,18H2,1-2H3/b22-17+/t19-/m1/s1. The van der Waals surface area contributed by atoms with Gasteiger partial charge in [0.05, 0.1) is 23.9 Å². The first kappa shape index (κ1) is 25.8. The summed E-state index contributed by atoms with van der Waals surface area (Å²) in [6.07, 6.45) is 3.72. The number of benzene rings is 3. The van der Waals surface area contributed by atoms with Crippen molar-refractivity contribution in [3.8, 4) is 17.2 Å². The average Bonchev–Trinajstić information content (AvgIpc) is 3.45. The number of aromatic nitrogens is 3. The number of ether oxygens (including phenoxy) is 2. The van der Waals surface area contributed by atoms with E-state index in [1.54, 1.807) is 31.4 Å². The lowest BCUT2D eigenvalue weighted by Crippen LogP contribution is -2.19. The van der Waals surface area contributed by atoms with Crippen molar-refractivity contribution in [3.63, 3.8) is 0 Å². The quantitative estimate of drug-likeness (QED) is 0.203. The Morgan fingerprint density at radius 2 is 1.80 bits per heavy atom. The Morgan fingerprint density at radius 1 is 1.02 bits per heavy atom. The minimum Gasteiger partial charge on any atom is -0.497 e. The normalized spacial score (nSPS) is 15.7. The third-order valence-electron chi connectivity index (χ3n) is 6.96. The van der Waals surface area contributed by atoms with E-state index in [0.717, 1.165) is 57.5 Å². The number of carbonyl (C=O) groups excluding carboxylic acids is 1. The predicted molar refractivity (Wildman–Crippen MR) is 154 cm³/mol. The van der Waals surface area contributed by atoms with Crippen molar-refractivity contribution >= 4 is 40.1 Å². The minimum absolute atomic E-state index is 0.144. The smallest absolute Gasteiger partial charge is 0.339 e. The van der Waals surface area contributed by atoms with Crippen LogP contribution >= 0.6 is 11.6 Å². The summed E-state index contributed by atoms with van der Waals surface area (Å²) in [5.41, 5.74) is 5.87. The largest absolute Gasteiger partial charge is 0.497 e. The number of fused-ring (bicyclic) bond motifs is 2. The maximum Gasteiger partial charge on any atom is 0.339 e. The number of rotatable bonds is 6. The van der Waals surface area contributed by atoms with Crippen molar-refractivity contribution in [1.82, 2.24) is 15.2 Å². The van der Waals surface area contributed by atoms with Crippen molar-refractivity contribution in [2.24, 2.45) is 5.92 Å². The molecule has 1 aliphatic carbocycles. The fraction of sp³-hybridized carbons (Fsp3) is 0.188. The van der Waals surface area contributed by atoms with Gasteiger partial charge in [0.25, 0.3) is 5.89 Å². The van der Waals surface area contributed by atoms with Crippen LogP contribution < -0.4 is 4.74 Å². The fourth-order valence-corrected chi connectivity index (χ4v) is 5.22. The summed E-state index contributed by atoms with van der Waals surface area (Å²) in [6.45, 7) is 2.04. The molecule has 0 spiro atoms. The van der Waals surface area contributed by atoms with Crippen molar-refractivity contribution in [2.75, 3.05) is 7.11 Å². The first-order valence-electron chi connectivity index (χ1n) is 13.0. The van der Waals surface area contributed by atoms with E-state index in [1.165, 1.54) is 0 Å². The molecule has 200 valence electrons. The molecular formula is C32H26ClN3O4. The van der Waals surface area contributed by atoms with E-state index in [9.17, 15) is 4.79 Å². The summed E-state index contributed by atoms with van der Waals surface area (Å²) in [4.78, 5) is 18.7. The Bertz CT molecular complexity index is 1730. The summed E-state index contributed by atoms with van der Waals surface area (Å²) >= 11 is 5.97. The van der Waals surface area contributed by atoms with Crippen LogP contribution in [0.2, 0.25) is 5.02 Å². The lowest BCUT2D eigenvalue weighted by molar-refractivity contribution is 0.0439. The van der Waals surface area contributed by atoms with Crippen LogP contribution in [0, 0.1) is 5.92 Å². The number of esters is 1. The number of halogens is 1. The molecule has 2 heterocycles. The van der Waals surface area contributed by atoms with Gasteiger partial charge in [0.2, 0.25) is 5.89 Å². The molecule has 0 fully saturated rings. The molecular weight excluding hydrogens is 526 g/mol. The predicted octanol–water partition coefficient (Wildman–Crippen LogP) is 7.43. The maximum absolute atomic E-state index is 13.7. The second-order valence-electron chi connectivity index (χ2n) is 9.87. The summed E-state index contributed by atoms with van der Waals surface area (Å²) in [6, 6.07) is 22.6. The van der Waals surface area contributed by atoms with Crippen molar-refractivity contribution < 1.29 is 18.7 Å². The van der Waals surface area contributed by atoms with Crippen molar-refractivity contribution in [3.05, 3.63) is 106 Å². The van der Waals surface area contributed by atoms with Gasteiger partial charge < -0.3 is 13.9 Å². The van der Waals surface area contributed by atoms with E-state index in [0.29, 0.717) is 22.4 Å². The second-order valence-corrected chi connectivity index (χ2v) is 10.3. The van der Waals surface area contributed by atoms with Crippen LogP contribution in [-0.4, -0.2) is 28.3 Å². The zero-order chi connectivity index (χ0) is 27.6. The highest BCUT2D eigenvalue weighted by Gasteiger charge is 2.29. The number of hydrogen-bond acceptors (Lipinski definition) is 7. The van der Waals surface area contributed by atoms with Gasteiger partial charge in [-0.25, -0.2) is 9.78 Å². The summed E-state index contributed by atoms with van der Waals surface area (Å²) in [5.74, 6) is 1.22. The second kappa shape index (κ2) is 10.9. The summed E-state index contributed by atoms with van der Waals surface area (Å²) in [5, 5.41) is 9.51. The van der Waals surface area contributed by atoms with Gasteiger partial charge in [-0.05, 0) is 84.0 Å². The highest BCUT2D eigenvalue weighted by Crippen LogP contribution is 2.39. The Labute approximate surface area is 236 Å². The Balaban J connectivity index is 1.34.